The Balaban J connectivity index is 2.55. The topological polar surface area (TPSA) is 33.4 Å². The smallest absolute Gasteiger partial charge is 0.126 e. The third-order valence-corrected chi connectivity index (χ3v) is 1.08. The van der Waals surface area contributed by atoms with E-state index in [4.69, 9.17) is 9.52 Å². The van der Waals surface area contributed by atoms with E-state index in [0.29, 0.717) is 0 Å². The summed E-state index contributed by atoms with van der Waals surface area (Å²) in [5.74, 6) is 0.765. The molecule has 1 rings (SSSR count). The fourth-order valence-electron chi connectivity index (χ4n) is 0.620. The van der Waals surface area contributed by atoms with Crippen LogP contribution >= 0.6 is 0 Å². The summed E-state index contributed by atoms with van der Waals surface area (Å²) in [6, 6.07) is 3.64. The molecule has 2 heteroatoms. The average Bonchev–Trinajstić information content (AvgIpc) is 2.34. The van der Waals surface area contributed by atoms with Gasteiger partial charge in [0.2, 0.25) is 0 Å². The Morgan fingerprint density at radius 1 is 1.70 bits per heavy atom. The molecule has 54 valence electrons. The molecule has 1 aromatic heterocycles. The summed E-state index contributed by atoms with van der Waals surface area (Å²) in [4.78, 5) is 0. The number of rotatable bonds is 2. The van der Waals surface area contributed by atoms with Gasteiger partial charge in [-0.3, -0.25) is 0 Å². The van der Waals surface area contributed by atoms with Gasteiger partial charge in [0.25, 0.3) is 0 Å². The second-order valence-electron chi connectivity index (χ2n) is 2.12. The van der Waals surface area contributed by atoms with Crippen molar-refractivity contribution < 1.29 is 9.52 Å². The number of hydrogen-bond acceptors (Lipinski definition) is 2. The first-order valence-corrected chi connectivity index (χ1v) is 3.19. The summed E-state index contributed by atoms with van der Waals surface area (Å²) in [5, 5.41) is 8.82. The van der Waals surface area contributed by atoms with Crippen LogP contribution in [0.4, 0.5) is 0 Å². The molecule has 0 aliphatic rings. The van der Waals surface area contributed by atoms with E-state index in [1.165, 1.54) is 0 Å². The van der Waals surface area contributed by atoms with E-state index in [1.54, 1.807) is 25.3 Å². The molecule has 1 heterocycles. The molecule has 0 spiro atoms. The molecule has 0 amide bonds. The second-order valence-corrected chi connectivity index (χ2v) is 2.12. The Kier molecular flexibility index (Phi) is 2.29. The molecule has 0 radical (unpaired) electrons. The van der Waals surface area contributed by atoms with Crippen molar-refractivity contribution in [3.05, 3.63) is 30.2 Å². The molecule has 1 atom stereocenters. The van der Waals surface area contributed by atoms with E-state index < -0.39 is 6.10 Å². The van der Waals surface area contributed by atoms with Gasteiger partial charge in [-0.05, 0) is 25.1 Å². The zero-order chi connectivity index (χ0) is 7.40. The first-order chi connectivity index (χ1) is 4.79. The predicted molar refractivity (Wildman–Crippen MR) is 39.4 cm³/mol. The standard InChI is InChI=1S/C8H10O2/c1-7(9)4-5-8-3-2-6-10-8/h2-7,9H,1H3. The number of hydrogen-bond donors (Lipinski definition) is 1. The van der Waals surface area contributed by atoms with Crippen molar-refractivity contribution in [1.82, 2.24) is 0 Å². The number of aliphatic hydroxyl groups excluding tert-OH is 1. The molecule has 0 aliphatic heterocycles. The molecule has 1 unspecified atom stereocenters. The third-order valence-electron chi connectivity index (χ3n) is 1.08. The Morgan fingerprint density at radius 2 is 2.50 bits per heavy atom. The van der Waals surface area contributed by atoms with Gasteiger partial charge in [0, 0.05) is 0 Å². The van der Waals surface area contributed by atoms with Crippen LogP contribution in [0.15, 0.2) is 28.9 Å². The maximum atomic E-state index is 8.82. The van der Waals surface area contributed by atoms with Crippen LogP contribution in [0.5, 0.6) is 0 Å². The Labute approximate surface area is 59.8 Å². The lowest BCUT2D eigenvalue weighted by Crippen LogP contribution is -1.90. The van der Waals surface area contributed by atoms with Crippen molar-refractivity contribution in [1.29, 1.82) is 0 Å². The maximum Gasteiger partial charge on any atom is 0.126 e. The minimum absolute atomic E-state index is 0.412. The molecule has 1 aromatic rings. The minimum atomic E-state index is -0.412. The molecular weight excluding hydrogens is 128 g/mol. The van der Waals surface area contributed by atoms with Crippen LogP contribution < -0.4 is 0 Å². The van der Waals surface area contributed by atoms with Gasteiger partial charge < -0.3 is 9.52 Å². The van der Waals surface area contributed by atoms with Gasteiger partial charge in [-0.15, -0.1) is 0 Å². The first-order valence-electron chi connectivity index (χ1n) is 3.19. The lowest BCUT2D eigenvalue weighted by atomic mass is 10.3. The summed E-state index contributed by atoms with van der Waals surface area (Å²) < 4.78 is 4.99. The lowest BCUT2D eigenvalue weighted by Gasteiger charge is -1.90. The van der Waals surface area contributed by atoms with Crippen LogP contribution in [-0.2, 0) is 0 Å². The van der Waals surface area contributed by atoms with Crippen molar-refractivity contribution in [2.45, 2.75) is 13.0 Å². The van der Waals surface area contributed by atoms with E-state index in [9.17, 15) is 0 Å². The van der Waals surface area contributed by atoms with Crippen LogP contribution in [0.2, 0.25) is 0 Å². The lowest BCUT2D eigenvalue weighted by molar-refractivity contribution is 0.245. The van der Waals surface area contributed by atoms with Crippen molar-refractivity contribution in [3.8, 4) is 0 Å². The Hall–Kier alpha value is -1.02. The Bertz CT molecular complexity index is 197. The van der Waals surface area contributed by atoms with Crippen LogP contribution in [0.1, 0.15) is 12.7 Å². The first kappa shape index (κ1) is 7.09. The zero-order valence-corrected chi connectivity index (χ0v) is 5.82. The van der Waals surface area contributed by atoms with Gasteiger partial charge in [-0.25, -0.2) is 0 Å². The SMILES string of the molecule is CC(O)C=Cc1ccco1. The summed E-state index contributed by atoms with van der Waals surface area (Å²) >= 11 is 0. The quantitative estimate of drug-likeness (QED) is 0.674. The predicted octanol–water partition coefficient (Wildman–Crippen LogP) is 1.67. The molecule has 0 bridgehead atoms. The van der Waals surface area contributed by atoms with Gasteiger partial charge in [-0.2, -0.15) is 0 Å². The van der Waals surface area contributed by atoms with Gasteiger partial charge >= 0.3 is 0 Å². The number of furan rings is 1. The third kappa shape index (κ3) is 2.07. The molecule has 2 nitrogen and oxygen atoms in total. The van der Waals surface area contributed by atoms with Crippen molar-refractivity contribution in [2.75, 3.05) is 0 Å². The highest BCUT2D eigenvalue weighted by Crippen LogP contribution is 2.02. The van der Waals surface area contributed by atoms with E-state index in [-0.39, 0.29) is 0 Å². The van der Waals surface area contributed by atoms with Crippen LogP contribution in [0.3, 0.4) is 0 Å². The average molecular weight is 138 g/mol. The molecule has 0 saturated heterocycles. The van der Waals surface area contributed by atoms with Gasteiger partial charge in [-0.1, -0.05) is 6.08 Å². The van der Waals surface area contributed by atoms with E-state index in [2.05, 4.69) is 0 Å². The Morgan fingerprint density at radius 3 is 3.00 bits per heavy atom. The largest absolute Gasteiger partial charge is 0.465 e. The monoisotopic (exact) mass is 138 g/mol. The normalized spacial score (nSPS) is 14.2. The highest BCUT2D eigenvalue weighted by molar-refractivity contribution is 5.42. The summed E-state index contributed by atoms with van der Waals surface area (Å²) in [6.45, 7) is 1.69. The van der Waals surface area contributed by atoms with E-state index >= 15 is 0 Å². The zero-order valence-electron chi connectivity index (χ0n) is 5.82. The summed E-state index contributed by atoms with van der Waals surface area (Å²) in [7, 11) is 0. The fourth-order valence-corrected chi connectivity index (χ4v) is 0.620. The van der Waals surface area contributed by atoms with Crippen molar-refractivity contribution in [2.24, 2.45) is 0 Å². The highest BCUT2D eigenvalue weighted by Gasteiger charge is 1.88. The van der Waals surface area contributed by atoms with Gasteiger partial charge in [0.1, 0.15) is 5.76 Å². The van der Waals surface area contributed by atoms with E-state index in [0.717, 1.165) is 5.76 Å². The van der Waals surface area contributed by atoms with Gasteiger partial charge in [0.15, 0.2) is 0 Å². The molecular formula is C8H10O2. The molecule has 0 aliphatic carbocycles. The van der Waals surface area contributed by atoms with Crippen LogP contribution in [0.25, 0.3) is 6.08 Å². The maximum absolute atomic E-state index is 8.82. The summed E-state index contributed by atoms with van der Waals surface area (Å²) in [6.07, 6.45) is 4.59. The minimum Gasteiger partial charge on any atom is -0.465 e. The second kappa shape index (κ2) is 3.22. The molecule has 0 fully saturated rings. The number of aliphatic hydroxyl groups is 1. The van der Waals surface area contributed by atoms with Crippen LogP contribution in [-0.4, -0.2) is 11.2 Å². The van der Waals surface area contributed by atoms with E-state index in [1.807, 2.05) is 12.1 Å². The summed E-state index contributed by atoms with van der Waals surface area (Å²) in [5.41, 5.74) is 0. The highest BCUT2D eigenvalue weighted by atomic mass is 16.3. The molecule has 10 heavy (non-hydrogen) atoms. The van der Waals surface area contributed by atoms with Crippen molar-refractivity contribution >= 4 is 6.08 Å². The van der Waals surface area contributed by atoms with Crippen molar-refractivity contribution in [3.63, 3.8) is 0 Å². The molecule has 0 aromatic carbocycles. The van der Waals surface area contributed by atoms with Gasteiger partial charge in [0.05, 0.1) is 12.4 Å². The van der Waals surface area contributed by atoms with Crippen LogP contribution in [0, 0.1) is 0 Å². The molecule has 0 saturated carbocycles. The fraction of sp³-hybridized carbons (Fsp3) is 0.250. The molecule has 1 N–H and O–H groups in total.